The molecule has 0 radical (unpaired) electrons. The fraction of sp³-hybridized carbons (Fsp3) is 0.600. The molecular formula is C10H15N3S2. The first-order valence-corrected chi connectivity index (χ1v) is 6.95. The van der Waals surface area contributed by atoms with E-state index in [1.807, 2.05) is 18.7 Å². The number of hydrogen-bond acceptors (Lipinski definition) is 4. The molecule has 1 aliphatic rings. The number of aryl methyl sites for hydroxylation is 1. The fourth-order valence-electron chi connectivity index (χ4n) is 1.36. The highest BCUT2D eigenvalue weighted by Gasteiger charge is 2.14. The molecule has 1 N–H and O–H groups in total. The van der Waals surface area contributed by atoms with Gasteiger partial charge in [-0.3, -0.25) is 4.99 Å². The Morgan fingerprint density at radius 1 is 1.67 bits per heavy atom. The Morgan fingerprint density at radius 3 is 3.13 bits per heavy atom. The van der Waals surface area contributed by atoms with E-state index < -0.39 is 0 Å². The van der Waals surface area contributed by atoms with E-state index in [-0.39, 0.29) is 0 Å². The number of hydrogen-bond donors (Lipinski definition) is 1. The lowest BCUT2D eigenvalue weighted by molar-refractivity contribution is 0.763. The van der Waals surface area contributed by atoms with E-state index in [1.54, 1.807) is 11.3 Å². The van der Waals surface area contributed by atoms with Crippen LogP contribution in [-0.4, -0.2) is 28.5 Å². The van der Waals surface area contributed by atoms with Crippen molar-refractivity contribution in [2.24, 2.45) is 4.99 Å². The number of thiazole rings is 1. The lowest BCUT2D eigenvalue weighted by Gasteiger charge is -2.00. The zero-order chi connectivity index (χ0) is 10.7. The Balaban J connectivity index is 1.79. The highest BCUT2D eigenvalue weighted by molar-refractivity contribution is 8.14. The van der Waals surface area contributed by atoms with Gasteiger partial charge < -0.3 is 5.32 Å². The van der Waals surface area contributed by atoms with Crippen LogP contribution in [-0.2, 0) is 6.42 Å². The quantitative estimate of drug-likeness (QED) is 0.880. The fourth-order valence-corrected chi connectivity index (χ4v) is 3.08. The number of nitrogens with one attached hydrogen (secondary N) is 1. The highest BCUT2D eigenvalue weighted by atomic mass is 32.2. The predicted octanol–water partition coefficient (Wildman–Crippen LogP) is 2.07. The molecule has 1 saturated heterocycles. The van der Waals surface area contributed by atoms with Gasteiger partial charge in [-0.15, -0.1) is 11.3 Å². The summed E-state index contributed by atoms with van der Waals surface area (Å²) in [6.45, 7) is 5.05. The van der Waals surface area contributed by atoms with E-state index in [1.165, 1.54) is 5.01 Å². The normalized spacial score (nSPS) is 23.3. The molecule has 0 amide bonds. The smallest absolute Gasteiger partial charge is 0.156 e. The largest absolute Gasteiger partial charge is 0.362 e. The minimum atomic E-state index is 0.566. The van der Waals surface area contributed by atoms with Crippen molar-refractivity contribution in [3.05, 3.63) is 16.1 Å². The number of aromatic nitrogens is 1. The summed E-state index contributed by atoms with van der Waals surface area (Å²) in [4.78, 5) is 8.93. The summed E-state index contributed by atoms with van der Waals surface area (Å²) < 4.78 is 0. The summed E-state index contributed by atoms with van der Waals surface area (Å²) in [6, 6.07) is 0.566. The summed E-state index contributed by atoms with van der Waals surface area (Å²) in [6.07, 6.45) is 0.957. The van der Waals surface area contributed by atoms with Gasteiger partial charge in [0, 0.05) is 35.8 Å². The third kappa shape index (κ3) is 3.21. The van der Waals surface area contributed by atoms with Crippen LogP contribution in [0.5, 0.6) is 0 Å². The Bertz CT molecular complexity index is 359. The van der Waals surface area contributed by atoms with Gasteiger partial charge >= 0.3 is 0 Å². The summed E-state index contributed by atoms with van der Waals surface area (Å²) in [5, 5.41) is 7.71. The minimum Gasteiger partial charge on any atom is -0.362 e. The molecule has 5 heteroatoms. The number of thioether (sulfide) groups is 1. The first kappa shape index (κ1) is 11.0. The molecule has 1 unspecified atom stereocenters. The van der Waals surface area contributed by atoms with Crippen molar-refractivity contribution in [3.63, 3.8) is 0 Å². The van der Waals surface area contributed by atoms with Crippen LogP contribution < -0.4 is 5.32 Å². The summed E-state index contributed by atoms with van der Waals surface area (Å²) in [5.74, 6) is 1.13. The molecule has 0 saturated carbocycles. The lowest BCUT2D eigenvalue weighted by atomic mass is 10.4. The van der Waals surface area contributed by atoms with Gasteiger partial charge in [0.1, 0.15) is 0 Å². The van der Waals surface area contributed by atoms with Crippen LogP contribution in [0.4, 0.5) is 0 Å². The third-order valence-electron chi connectivity index (χ3n) is 2.09. The van der Waals surface area contributed by atoms with Crippen LogP contribution in [0.1, 0.15) is 17.6 Å². The average Bonchev–Trinajstić information content (AvgIpc) is 2.76. The second-order valence-electron chi connectivity index (χ2n) is 3.68. The Morgan fingerprint density at radius 2 is 2.53 bits per heavy atom. The molecule has 82 valence electrons. The van der Waals surface area contributed by atoms with Crippen molar-refractivity contribution in [1.82, 2.24) is 10.3 Å². The number of nitrogens with zero attached hydrogens (tertiary/aromatic N) is 2. The maximum atomic E-state index is 4.51. The summed E-state index contributed by atoms with van der Waals surface area (Å²) >= 11 is 3.54. The van der Waals surface area contributed by atoms with Crippen LogP contribution in [0.15, 0.2) is 10.4 Å². The molecule has 1 aromatic heterocycles. The zero-order valence-corrected chi connectivity index (χ0v) is 10.6. The number of amidine groups is 1. The SMILES string of the molecule is Cc1csc(CCN=C2NC(C)CS2)n1. The second kappa shape index (κ2) is 4.99. The van der Waals surface area contributed by atoms with Gasteiger partial charge in [-0.2, -0.15) is 0 Å². The molecule has 15 heavy (non-hydrogen) atoms. The van der Waals surface area contributed by atoms with Gasteiger partial charge in [-0.1, -0.05) is 11.8 Å². The van der Waals surface area contributed by atoms with Gasteiger partial charge in [-0.25, -0.2) is 4.98 Å². The first-order valence-electron chi connectivity index (χ1n) is 5.09. The number of aliphatic imine (C=N–C) groups is 1. The zero-order valence-electron chi connectivity index (χ0n) is 8.99. The van der Waals surface area contributed by atoms with Crippen molar-refractivity contribution in [2.75, 3.05) is 12.3 Å². The Labute approximate surface area is 98.4 Å². The molecule has 0 bridgehead atoms. The molecule has 0 spiro atoms. The molecule has 1 aromatic rings. The average molecular weight is 241 g/mol. The van der Waals surface area contributed by atoms with Crippen molar-refractivity contribution in [1.29, 1.82) is 0 Å². The van der Waals surface area contributed by atoms with Crippen molar-refractivity contribution in [2.45, 2.75) is 26.3 Å². The maximum absolute atomic E-state index is 4.51. The Kier molecular flexibility index (Phi) is 3.64. The Hall–Kier alpha value is -0.550. The monoisotopic (exact) mass is 241 g/mol. The molecule has 1 fully saturated rings. The van der Waals surface area contributed by atoms with E-state index in [9.17, 15) is 0 Å². The van der Waals surface area contributed by atoms with Gasteiger partial charge in [0.15, 0.2) is 5.17 Å². The van der Waals surface area contributed by atoms with Crippen LogP contribution in [0.2, 0.25) is 0 Å². The van der Waals surface area contributed by atoms with E-state index in [4.69, 9.17) is 0 Å². The van der Waals surface area contributed by atoms with E-state index in [2.05, 4.69) is 27.6 Å². The molecule has 0 aliphatic carbocycles. The van der Waals surface area contributed by atoms with Crippen molar-refractivity contribution in [3.8, 4) is 0 Å². The van der Waals surface area contributed by atoms with Gasteiger partial charge in [0.25, 0.3) is 0 Å². The lowest BCUT2D eigenvalue weighted by Crippen LogP contribution is -2.23. The van der Waals surface area contributed by atoms with E-state index in [0.29, 0.717) is 6.04 Å². The van der Waals surface area contributed by atoms with Gasteiger partial charge in [0.2, 0.25) is 0 Å². The van der Waals surface area contributed by atoms with E-state index in [0.717, 1.165) is 29.6 Å². The number of rotatable bonds is 3. The van der Waals surface area contributed by atoms with Crippen LogP contribution >= 0.6 is 23.1 Å². The summed E-state index contributed by atoms with van der Waals surface area (Å²) in [5.41, 5.74) is 1.12. The van der Waals surface area contributed by atoms with Crippen LogP contribution in [0, 0.1) is 6.92 Å². The minimum absolute atomic E-state index is 0.566. The first-order chi connectivity index (χ1) is 7.24. The molecule has 3 nitrogen and oxygen atoms in total. The summed E-state index contributed by atoms with van der Waals surface area (Å²) in [7, 11) is 0. The topological polar surface area (TPSA) is 37.3 Å². The molecule has 1 aliphatic heterocycles. The molecule has 1 atom stereocenters. The third-order valence-corrected chi connectivity index (χ3v) is 4.30. The predicted molar refractivity (Wildman–Crippen MR) is 67.9 cm³/mol. The van der Waals surface area contributed by atoms with Crippen LogP contribution in [0.25, 0.3) is 0 Å². The maximum Gasteiger partial charge on any atom is 0.156 e. The van der Waals surface area contributed by atoms with Crippen molar-refractivity contribution >= 4 is 28.3 Å². The van der Waals surface area contributed by atoms with E-state index >= 15 is 0 Å². The highest BCUT2D eigenvalue weighted by Crippen LogP contribution is 2.14. The van der Waals surface area contributed by atoms with Crippen LogP contribution in [0.3, 0.4) is 0 Å². The van der Waals surface area contributed by atoms with Crippen molar-refractivity contribution < 1.29 is 0 Å². The molecular weight excluding hydrogens is 226 g/mol. The molecule has 2 rings (SSSR count). The van der Waals surface area contributed by atoms with Gasteiger partial charge in [-0.05, 0) is 13.8 Å². The molecule has 0 aromatic carbocycles. The molecule has 2 heterocycles. The second-order valence-corrected chi connectivity index (χ2v) is 5.63. The standard InChI is InChI=1S/C10H15N3S2/c1-7-5-14-9(12-7)3-4-11-10-13-8(2)6-15-10/h5,8H,3-4,6H2,1-2H3,(H,11,13). The van der Waals surface area contributed by atoms with Gasteiger partial charge in [0.05, 0.1) is 5.01 Å².